The molecule has 0 spiro atoms. The lowest BCUT2D eigenvalue weighted by Crippen LogP contribution is -2.39. The molecule has 0 aliphatic carbocycles. The first-order valence-electron chi connectivity index (χ1n) is 5.45. The molecule has 5 heteroatoms. The summed E-state index contributed by atoms with van der Waals surface area (Å²) in [7, 11) is 0. The minimum absolute atomic E-state index is 0.254. The molecule has 1 heterocycles. The molecule has 0 radical (unpaired) electrons. The maximum absolute atomic E-state index is 11.7. The monoisotopic (exact) mass is 252 g/mol. The standard InChI is InChI=1S/C12H13ClN2O2/c1-3-11-8(2)17-12(16)15(14-11)10-6-4-9(13)5-7-10/h4-8H,3H2,1-2H3. The van der Waals surface area contributed by atoms with Gasteiger partial charge in [-0.25, -0.2) is 4.79 Å². The number of nitrogens with zero attached hydrogens (tertiary/aromatic N) is 2. The fraction of sp³-hybridized carbons (Fsp3) is 0.333. The van der Waals surface area contributed by atoms with Crippen molar-refractivity contribution < 1.29 is 9.53 Å². The Morgan fingerprint density at radius 3 is 2.65 bits per heavy atom. The van der Waals surface area contributed by atoms with Crippen molar-refractivity contribution in [2.45, 2.75) is 26.4 Å². The molecule has 1 aliphatic rings. The zero-order valence-corrected chi connectivity index (χ0v) is 10.4. The van der Waals surface area contributed by atoms with Crippen LogP contribution in [0.2, 0.25) is 5.02 Å². The van der Waals surface area contributed by atoms with Crippen LogP contribution in [0, 0.1) is 0 Å². The van der Waals surface area contributed by atoms with Gasteiger partial charge in [0.05, 0.1) is 11.4 Å². The number of carbonyl (C=O) groups is 1. The number of cyclic esters (lactones) is 1. The van der Waals surface area contributed by atoms with Gasteiger partial charge >= 0.3 is 6.09 Å². The van der Waals surface area contributed by atoms with Gasteiger partial charge in [-0.15, -0.1) is 0 Å². The molecule has 1 unspecified atom stereocenters. The maximum Gasteiger partial charge on any atom is 0.435 e. The summed E-state index contributed by atoms with van der Waals surface area (Å²) in [6.07, 6.45) is 0.0338. The lowest BCUT2D eigenvalue weighted by molar-refractivity contribution is 0.135. The fourth-order valence-electron chi connectivity index (χ4n) is 1.62. The third-order valence-electron chi connectivity index (χ3n) is 2.58. The van der Waals surface area contributed by atoms with Gasteiger partial charge in [-0.3, -0.25) is 0 Å². The van der Waals surface area contributed by atoms with E-state index in [4.69, 9.17) is 16.3 Å². The Kier molecular flexibility index (Phi) is 3.33. The van der Waals surface area contributed by atoms with E-state index < -0.39 is 6.09 Å². The third-order valence-corrected chi connectivity index (χ3v) is 2.83. The smallest absolute Gasteiger partial charge is 0.435 e. The van der Waals surface area contributed by atoms with Crippen molar-refractivity contribution in [3.8, 4) is 0 Å². The van der Waals surface area contributed by atoms with Crippen LogP contribution in [0.4, 0.5) is 10.5 Å². The summed E-state index contributed by atoms with van der Waals surface area (Å²) < 4.78 is 5.21. The molecule has 0 saturated carbocycles. The highest BCUT2D eigenvalue weighted by Crippen LogP contribution is 2.22. The van der Waals surface area contributed by atoms with Crippen LogP contribution >= 0.6 is 11.6 Å². The second-order valence-corrected chi connectivity index (χ2v) is 4.20. The summed E-state index contributed by atoms with van der Waals surface area (Å²) in [5.74, 6) is 0. The summed E-state index contributed by atoms with van der Waals surface area (Å²) in [5, 5.41) is 6.17. The summed E-state index contributed by atoms with van der Waals surface area (Å²) in [5.41, 5.74) is 1.50. The molecule has 90 valence electrons. The van der Waals surface area contributed by atoms with Crippen molar-refractivity contribution in [2.75, 3.05) is 5.01 Å². The summed E-state index contributed by atoms with van der Waals surface area (Å²) in [4.78, 5) is 11.7. The third kappa shape index (κ3) is 2.42. The number of anilines is 1. The molecular weight excluding hydrogens is 240 g/mol. The highest BCUT2D eigenvalue weighted by atomic mass is 35.5. The Labute approximate surface area is 105 Å². The van der Waals surface area contributed by atoms with Crippen molar-refractivity contribution >= 4 is 29.1 Å². The molecule has 0 saturated heterocycles. The summed E-state index contributed by atoms with van der Waals surface area (Å²) >= 11 is 5.80. The molecule has 0 aromatic heterocycles. The van der Waals surface area contributed by atoms with Crippen molar-refractivity contribution in [1.29, 1.82) is 0 Å². The number of rotatable bonds is 2. The number of halogens is 1. The number of amides is 1. The number of hydrazone groups is 1. The molecule has 1 amide bonds. The molecule has 1 aliphatic heterocycles. The molecular formula is C12H13ClN2O2. The van der Waals surface area contributed by atoms with Gasteiger partial charge in [0.15, 0.2) is 0 Å². The van der Waals surface area contributed by atoms with E-state index in [2.05, 4.69) is 5.10 Å². The van der Waals surface area contributed by atoms with Crippen LogP contribution in [0.25, 0.3) is 0 Å². The number of hydrogen-bond donors (Lipinski definition) is 0. The largest absolute Gasteiger partial charge is 0.439 e. The van der Waals surface area contributed by atoms with Crippen molar-refractivity contribution in [1.82, 2.24) is 0 Å². The van der Waals surface area contributed by atoms with E-state index in [1.165, 1.54) is 5.01 Å². The lowest BCUT2D eigenvalue weighted by Gasteiger charge is -2.27. The normalized spacial score (nSPS) is 19.9. The van der Waals surface area contributed by atoms with Crippen LogP contribution in [0.1, 0.15) is 20.3 Å². The summed E-state index contributed by atoms with van der Waals surface area (Å²) in [6.45, 7) is 3.80. The number of hydrogen-bond acceptors (Lipinski definition) is 3. The molecule has 1 aromatic rings. The molecule has 17 heavy (non-hydrogen) atoms. The van der Waals surface area contributed by atoms with Gasteiger partial charge in [-0.05, 0) is 37.6 Å². The number of carbonyl (C=O) groups excluding carboxylic acids is 1. The first kappa shape index (κ1) is 11.9. The zero-order chi connectivity index (χ0) is 12.4. The highest BCUT2D eigenvalue weighted by molar-refractivity contribution is 6.30. The Bertz CT molecular complexity index is 456. The molecule has 0 N–H and O–H groups in total. The SMILES string of the molecule is CCC1=NN(c2ccc(Cl)cc2)C(=O)OC1C. The molecule has 2 rings (SSSR count). The van der Waals surface area contributed by atoms with Crippen molar-refractivity contribution in [3.05, 3.63) is 29.3 Å². The minimum Gasteiger partial charge on any atom is -0.439 e. The van der Waals surface area contributed by atoms with E-state index >= 15 is 0 Å². The topological polar surface area (TPSA) is 41.9 Å². The molecule has 1 atom stereocenters. The van der Waals surface area contributed by atoms with E-state index in [9.17, 15) is 4.79 Å². The Morgan fingerprint density at radius 2 is 2.06 bits per heavy atom. The minimum atomic E-state index is -0.461. The Balaban J connectivity index is 2.34. The van der Waals surface area contributed by atoms with E-state index in [1.807, 2.05) is 13.8 Å². The van der Waals surface area contributed by atoms with E-state index in [-0.39, 0.29) is 6.10 Å². The van der Waals surface area contributed by atoms with Gasteiger partial charge < -0.3 is 4.74 Å². The van der Waals surface area contributed by atoms with E-state index in [1.54, 1.807) is 24.3 Å². The second-order valence-electron chi connectivity index (χ2n) is 3.76. The van der Waals surface area contributed by atoms with Gasteiger partial charge in [-0.1, -0.05) is 18.5 Å². The van der Waals surface area contributed by atoms with Gasteiger partial charge in [0, 0.05) is 5.02 Å². The Morgan fingerprint density at radius 1 is 1.41 bits per heavy atom. The molecule has 1 aromatic carbocycles. The zero-order valence-electron chi connectivity index (χ0n) is 9.68. The fourth-order valence-corrected chi connectivity index (χ4v) is 1.75. The van der Waals surface area contributed by atoms with Crippen molar-refractivity contribution in [3.63, 3.8) is 0 Å². The lowest BCUT2D eigenvalue weighted by atomic mass is 10.2. The van der Waals surface area contributed by atoms with Crippen LogP contribution < -0.4 is 5.01 Å². The van der Waals surface area contributed by atoms with E-state index in [0.717, 1.165) is 12.1 Å². The summed E-state index contributed by atoms with van der Waals surface area (Å²) in [6, 6.07) is 6.89. The van der Waals surface area contributed by atoms with Gasteiger partial charge in [0.2, 0.25) is 0 Å². The quantitative estimate of drug-likeness (QED) is 0.809. The highest BCUT2D eigenvalue weighted by Gasteiger charge is 2.27. The Hall–Kier alpha value is -1.55. The second kappa shape index (κ2) is 4.75. The van der Waals surface area contributed by atoms with Crippen LogP contribution in [0.3, 0.4) is 0 Å². The average Bonchev–Trinajstić information content (AvgIpc) is 2.31. The van der Waals surface area contributed by atoms with Crippen LogP contribution in [0.5, 0.6) is 0 Å². The van der Waals surface area contributed by atoms with Crippen LogP contribution in [-0.2, 0) is 4.74 Å². The first-order valence-corrected chi connectivity index (χ1v) is 5.83. The average molecular weight is 253 g/mol. The molecule has 0 fully saturated rings. The van der Waals surface area contributed by atoms with E-state index in [0.29, 0.717) is 10.7 Å². The van der Waals surface area contributed by atoms with Gasteiger partial charge in [0.25, 0.3) is 0 Å². The predicted molar refractivity (Wildman–Crippen MR) is 67.6 cm³/mol. The number of benzene rings is 1. The number of ether oxygens (including phenoxy) is 1. The molecule has 4 nitrogen and oxygen atoms in total. The van der Waals surface area contributed by atoms with Gasteiger partial charge in [0.1, 0.15) is 6.10 Å². The van der Waals surface area contributed by atoms with Crippen molar-refractivity contribution in [2.24, 2.45) is 5.10 Å². The van der Waals surface area contributed by atoms with Crippen LogP contribution in [-0.4, -0.2) is 17.9 Å². The van der Waals surface area contributed by atoms with Gasteiger partial charge in [-0.2, -0.15) is 10.1 Å². The first-order chi connectivity index (χ1) is 8.11. The maximum atomic E-state index is 11.7. The molecule has 0 bridgehead atoms. The predicted octanol–water partition coefficient (Wildman–Crippen LogP) is 3.45. The van der Waals surface area contributed by atoms with Crippen LogP contribution in [0.15, 0.2) is 29.4 Å².